The number of unbranched alkanes of at least 4 members (excludes halogenated alkanes) is 1. The van der Waals surface area contributed by atoms with Crippen molar-refractivity contribution in [2.24, 2.45) is 5.73 Å². The first kappa shape index (κ1) is 18.9. The number of carbonyl (C=O) groups excluding carboxylic acids is 1. The fourth-order valence-corrected chi connectivity index (χ4v) is 4.25. The van der Waals surface area contributed by atoms with Crippen LogP contribution >= 0.6 is 0 Å². The zero-order chi connectivity index (χ0) is 15.3. The largest absolute Gasteiger partial charge is 0.500 e. The third kappa shape index (κ3) is 8.93. The average molecular weight is 303 g/mol. The molecule has 0 atom stereocenters. The van der Waals surface area contributed by atoms with Gasteiger partial charge in [0.25, 0.3) is 0 Å². The number of nitrogens with two attached hydrogens (primary N) is 1. The highest BCUT2D eigenvalue weighted by atomic mass is 28.4. The van der Waals surface area contributed by atoms with E-state index in [0.29, 0.717) is 26.2 Å². The molecule has 0 aliphatic carbocycles. The van der Waals surface area contributed by atoms with Crippen LogP contribution in [0.1, 0.15) is 33.6 Å². The lowest BCUT2D eigenvalue weighted by molar-refractivity contribution is 0.0709. The fraction of sp³-hybridized carbons (Fsp3) is 0.769. The van der Waals surface area contributed by atoms with Crippen LogP contribution in [-0.4, -0.2) is 41.3 Å². The molecule has 0 aliphatic heterocycles. The minimum absolute atomic E-state index is 0.0281. The Labute approximate surface area is 122 Å². The van der Waals surface area contributed by atoms with E-state index in [1.807, 2.05) is 20.8 Å². The van der Waals surface area contributed by atoms with Gasteiger partial charge in [0.05, 0.1) is 0 Å². The number of rotatable bonds is 10. The maximum Gasteiger partial charge on any atom is 0.500 e. The van der Waals surface area contributed by atoms with Crippen LogP contribution in [0.25, 0.3) is 0 Å². The van der Waals surface area contributed by atoms with E-state index in [4.69, 9.17) is 19.0 Å². The first-order valence-electron chi connectivity index (χ1n) is 6.90. The SMILES string of the molecule is CCO[Si](CCCC#CCOC(N)=O)(OCC)OCC. The average Bonchev–Trinajstić information content (AvgIpc) is 2.38. The first-order chi connectivity index (χ1) is 9.60. The molecule has 0 bridgehead atoms. The molecule has 0 fully saturated rings. The van der Waals surface area contributed by atoms with Crippen LogP contribution < -0.4 is 5.73 Å². The molecule has 0 radical (unpaired) electrons. The Bertz CT molecular complexity index is 309. The quantitative estimate of drug-likeness (QED) is 0.379. The summed E-state index contributed by atoms with van der Waals surface area (Å²) in [4.78, 5) is 10.3. The monoisotopic (exact) mass is 303 g/mol. The van der Waals surface area contributed by atoms with Crippen molar-refractivity contribution < 1.29 is 22.8 Å². The maximum atomic E-state index is 10.3. The van der Waals surface area contributed by atoms with Gasteiger partial charge in [-0.05, 0) is 27.2 Å². The molecule has 0 aliphatic rings. The van der Waals surface area contributed by atoms with Crippen molar-refractivity contribution in [1.82, 2.24) is 0 Å². The van der Waals surface area contributed by atoms with Crippen LogP contribution in [0.3, 0.4) is 0 Å². The third-order valence-electron chi connectivity index (χ3n) is 2.29. The predicted octanol–water partition coefficient (Wildman–Crippen LogP) is 1.91. The number of hydrogen-bond donors (Lipinski definition) is 1. The lowest BCUT2D eigenvalue weighted by Crippen LogP contribution is -2.45. The van der Waals surface area contributed by atoms with E-state index in [9.17, 15) is 4.79 Å². The highest BCUT2D eigenvalue weighted by molar-refractivity contribution is 6.60. The molecule has 0 rings (SSSR count). The summed E-state index contributed by atoms with van der Waals surface area (Å²) in [6.07, 6.45) is 0.676. The topological polar surface area (TPSA) is 80.0 Å². The van der Waals surface area contributed by atoms with E-state index in [0.717, 1.165) is 12.5 Å². The Kier molecular flexibility index (Phi) is 11.1. The van der Waals surface area contributed by atoms with E-state index >= 15 is 0 Å². The smallest absolute Gasteiger partial charge is 0.437 e. The Morgan fingerprint density at radius 1 is 1.05 bits per heavy atom. The van der Waals surface area contributed by atoms with Crippen LogP contribution in [0.5, 0.6) is 0 Å². The fourth-order valence-electron chi connectivity index (χ4n) is 1.64. The minimum Gasteiger partial charge on any atom is -0.437 e. The van der Waals surface area contributed by atoms with E-state index < -0.39 is 14.9 Å². The Hall–Kier alpha value is -1.07. The number of amides is 1. The van der Waals surface area contributed by atoms with Gasteiger partial charge in [-0.3, -0.25) is 0 Å². The van der Waals surface area contributed by atoms with Gasteiger partial charge in [-0.1, -0.05) is 11.8 Å². The van der Waals surface area contributed by atoms with Gasteiger partial charge < -0.3 is 23.7 Å². The summed E-state index contributed by atoms with van der Waals surface area (Å²) in [6, 6.07) is 0.730. The molecular formula is C13H25NO5Si. The Balaban J connectivity index is 4.14. The van der Waals surface area contributed by atoms with Gasteiger partial charge in [0.1, 0.15) is 0 Å². The molecule has 0 aromatic rings. The molecule has 0 aromatic carbocycles. The molecule has 0 unspecified atom stereocenters. The van der Waals surface area contributed by atoms with Crippen molar-refractivity contribution in [3.8, 4) is 11.8 Å². The van der Waals surface area contributed by atoms with Gasteiger partial charge in [0.15, 0.2) is 6.61 Å². The molecule has 0 saturated heterocycles. The highest BCUT2D eigenvalue weighted by Gasteiger charge is 2.39. The number of ether oxygens (including phenoxy) is 1. The summed E-state index contributed by atoms with van der Waals surface area (Å²) >= 11 is 0. The van der Waals surface area contributed by atoms with Gasteiger partial charge in [0.2, 0.25) is 0 Å². The van der Waals surface area contributed by atoms with Crippen LogP contribution in [0.2, 0.25) is 6.04 Å². The molecule has 0 heterocycles. The summed E-state index contributed by atoms with van der Waals surface area (Å²) in [5.74, 6) is 5.63. The molecule has 2 N–H and O–H groups in total. The number of carbonyl (C=O) groups is 1. The number of hydrogen-bond acceptors (Lipinski definition) is 5. The molecule has 0 spiro atoms. The molecule has 0 saturated carbocycles. The van der Waals surface area contributed by atoms with E-state index in [-0.39, 0.29) is 6.61 Å². The van der Waals surface area contributed by atoms with Gasteiger partial charge in [0, 0.05) is 32.3 Å². The molecular weight excluding hydrogens is 278 g/mol. The Morgan fingerprint density at radius 3 is 2.05 bits per heavy atom. The molecule has 6 nitrogen and oxygen atoms in total. The van der Waals surface area contributed by atoms with Gasteiger partial charge >= 0.3 is 14.9 Å². The number of primary amides is 1. The zero-order valence-electron chi connectivity index (χ0n) is 12.6. The van der Waals surface area contributed by atoms with Crippen molar-refractivity contribution in [2.45, 2.75) is 39.7 Å². The molecule has 20 heavy (non-hydrogen) atoms. The van der Waals surface area contributed by atoms with Gasteiger partial charge in [-0.2, -0.15) is 0 Å². The van der Waals surface area contributed by atoms with E-state index in [1.54, 1.807) is 0 Å². The lowest BCUT2D eigenvalue weighted by Gasteiger charge is -2.28. The second-order valence-electron chi connectivity index (χ2n) is 3.80. The predicted molar refractivity (Wildman–Crippen MR) is 78.0 cm³/mol. The molecule has 1 amide bonds. The lowest BCUT2D eigenvalue weighted by atomic mass is 10.3. The van der Waals surface area contributed by atoms with Crippen molar-refractivity contribution in [1.29, 1.82) is 0 Å². The van der Waals surface area contributed by atoms with E-state index in [1.165, 1.54) is 0 Å². The van der Waals surface area contributed by atoms with Gasteiger partial charge in [-0.25, -0.2) is 4.79 Å². The highest BCUT2D eigenvalue weighted by Crippen LogP contribution is 2.18. The standard InChI is InChI=1S/C13H25NO5Si/c1-4-17-20(18-5-2,19-6-3)12-10-8-7-9-11-16-13(14)15/h4-6,8,10-12H2,1-3H3,(H2,14,15). The van der Waals surface area contributed by atoms with Crippen molar-refractivity contribution in [3.63, 3.8) is 0 Å². The maximum absolute atomic E-state index is 10.3. The van der Waals surface area contributed by atoms with Crippen LogP contribution in [0, 0.1) is 11.8 Å². The normalized spacial score (nSPS) is 10.8. The minimum atomic E-state index is -2.56. The first-order valence-corrected chi connectivity index (χ1v) is 8.83. The zero-order valence-corrected chi connectivity index (χ0v) is 13.6. The molecule has 0 aromatic heterocycles. The molecule has 7 heteroatoms. The summed E-state index contributed by atoms with van der Waals surface area (Å²) in [7, 11) is -2.56. The summed E-state index contributed by atoms with van der Waals surface area (Å²) in [5, 5.41) is 0. The van der Waals surface area contributed by atoms with Crippen molar-refractivity contribution >= 4 is 14.9 Å². The van der Waals surface area contributed by atoms with Crippen LogP contribution in [0.4, 0.5) is 4.79 Å². The van der Waals surface area contributed by atoms with Gasteiger partial charge in [-0.15, -0.1) is 0 Å². The summed E-state index contributed by atoms with van der Waals surface area (Å²) < 4.78 is 21.7. The van der Waals surface area contributed by atoms with Crippen LogP contribution in [-0.2, 0) is 18.0 Å². The molecule has 116 valence electrons. The van der Waals surface area contributed by atoms with E-state index in [2.05, 4.69) is 16.6 Å². The van der Waals surface area contributed by atoms with Crippen molar-refractivity contribution in [3.05, 3.63) is 0 Å². The second kappa shape index (κ2) is 11.7. The third-order valence-corrected chi connectivity index (χ3v) is 5.44. The Morgan fingerprint density at radius 2 is 1.60 bits per heavy atom. The van der Waals surface area contributed by atoms with Crippen LogP contribution in [0.15, 0.2) is 0 Å². The second-order valence-corrected chi connectivity index (χ2v) is 6.53. The summed E-state index contributed by atoms with van der Waals surface area (Å²) in [5.41, 5.74) is 4.82. The van der Waals surface area contributed by atoms with Crippen molar-refractivity contribution in [2.75, 3.05) is 26.4 Å². The summed E-state index contributed by atoms with van der Waals surface area (Å²) in [6.45, 7) is 7.54.